The number of rotatable bonds is 1. The van der Waals surface area contributed by atoms with Crippen LogP contribution in [0.4, 0.5) is 0 Å². The molecule has 0 aliphatic heterocycles. The van der Waals surface area contributed by atoms with Gasteiger partial charge in [-0.25, -0.2) is 0 Å². The van der Waals surface area contributed by atoms with Gasteiger partial charge >= 0.3 is 0 Å². The van der Waals surface area contributed by atoms with Gasteiger partial charge in [0.05, 0.1) is 5.88 Å². The van der Waals surface area contributed by atoms with Gasteiger partial charge in [-0.2, -0.15) is 0 Å². The maximum Gasteiger partial charge on any atom is 0.0587 e. The Hall–Kier alpha value is 0.800. The minimum atomic E-state index is 0.382. The Morgan fingerprint density at radius 2 is 2.33 bits per heavy atom. The number of hydrogen-bond acceptors (Lipinski definition) is 0. The molecule has 3 heteroatoms. The second-order valence-corrected chi connectivity index (χ2v) is 1.90. The summed E-state index contributed by atoms with van der Waals surface area (Å²) in [5.41, 5.74) is 0. The fraction of sp³-hybridized carbons (Fsp3) is 0.333. The van der Waals surface area contributed by atoms with Crippen molar-refractivity contribution in [3.05, 3.63) is 10.0 Å². The molecule has 0 nitrogen and oxygen atoms in total. The molecule has 0 fully saturated rings. The molecule has 0 spiro atoms. The summed E-state index contributed by atoms with van der Waals surface area (Å²) in [5, 5.41) is 0.622. The number of alkyl halides is 1. The Labute approximate surface area is 55.3 Å². The van der Waals surface area contributed by atoms with Crippen LogP contribution in [-0.4, -0.2) is 5.88 Å². The minimum absolute atomic E-state index is 0.382. The van der Waals surface area contributed by atoms with Crippen molar-refractivity contribution < 1.29 is 0 Å². The predicted molar refractivity (Wildman–Crippen MR) is 33.6 cm³/mol. The first kappa shape index (κ1) is 6.80. The Morgan fingerprint density at radius 1 is 1.83 bits per heavy atom. The quantitative estimate of drug-likeness (QED) is 0.557. The molecular formula is C3H3BrCl2. The van der Waals surface area contributed by atoms with E-state index in [1.807, 2.05) is 0 Å². The Balaban J connectivity index is 3.22. The lowest BCUT2D eigenvalue weighted by molar-refractivity contribution is 1.72. The van der Waals surface area contributed by atoms with E-state index in [1.54, 1.807) is 4.99 Å². The second-order valence-electron chi connectivity index (χ2n) is 0.690. The highest BCUT2D eigenvalue weighted by molar-refractivity contribution is 9.11. The van der Waals surface area contributed by atoms with Gasteiger partial charge in [-0.05, 0) is 4.99 Å². The zero-order valence-corrected chi connectivity index (χ0v) is 6.02. The van der Waals surface area contributed by atoms with E-state index < -0.39 is 0 Å². The Bertz CT molecular complexity index is 59.8. The summed E-state index contributed by atoms with van der Waals surface area (Å²) >= 11 is 13.6. The van der Waals surface area contributed by atoms with Crippen LogP contribution in [0.2, 0.25) is 0 Å². The smallest absolute Gasteiger partial charge is 0.0587 e. The van der Waals surface area contributed by atoms with Gasteiger partial charge < -0.3 is 0 Å². The van der Waals surface area contributed by atoms with Crippen molar-refractivity contribution >= 4 is 39.1 Å². The maximum atomic E-state index is 5.33. The van der Waals surface area contributed by atoms with Gasteiger partial charge in [0, 0.05) is 5.03 Å². The maximum absolute atomic E-state index is 5.33. The average molecular weight is 190 g/mol. The predicted octanol–water partition coefficient (Wildman–Crippen LogP) is 2.70. The van der Waals surface area contributed by atoms with E-state index in [2.05, 4.69) is 15.9 Å². The summed E-state index contributed by atoms with van der Waals surface area (Å²) in [5.74, 6) is 0.382. The second kappa shape index (κ2) is 3.97. The van der Waals surface area contributed by atoms with Crippen molar-refractivity contribution in [3.63, 3.8) is 0 Å². The molecule has 0 radical (unpaired) electrons. The van der Waals surface area contributed by atoms with E-state index >= 15 is 0 Å². The molecule has 0 aromatic carbocycles. The number of halogens is 3. The fourth-order valence-corrected chi connectivity index (χ4v) is 0.455. The zero-order valence-electron chi connectivity index (χ0n) is 2.92. The van der Waals surface area contributed by atoms with Crippen molar-refractivity contribution in [2.75, 3.05) is 5.88 Å². The summed E-state index contributed by atoms with van der Waals surface area (Å²) < 4.78 is 0. The molecule has 0 amide bonds. The van der Waals surface area contributed by atoms with Gasteiger partial charge in [-0.1, -0.05) is 27.5 Å². The molecule has 0 bridgehead atoms. The first-order valence-corrected chi connectivity index (χ1v) is 3.14. The molecule has 0 saturated carbocycles. The lowest BCUT2D eigenvalue weighted by Crippen LogP contribution is -1.63. The summed E-state index contributed by atoms with van der Waals surface area (Å²) in [7, 11) is 0. The topological polar surface area (TPSA) is 0 Å². The third-order valence-corrected chi connectivity index (χ3v) is 1.73. The molecule has 36 valence electrons. The van der Waals surface area contributed by atoms with Crippen LogP contribution in [0.3, 0.4) is 0 Å². The van der Waals surface area contributed by atoms with Gasteiger partial charge in [0.15, 0.2) is 0 Å². The molecule has 0 heterocycles. The van der Waals surface area contributed by atoms with Crippen molar-refractivity contribution in [2.24, 2.45) is 0 Å². The van der Waals surface area contributed by atoms with Crippen molar-refractivity contribution in [1.82, 2.24) is 0 Å². The van der Waals surface area contributed by atoms with E-state index in [1.165, 1.54) is 0 Å². The van der Waals surface area contributed by atoms with E-state index in [9.17, 15) is 0 Å². The Kier molecular flexibility index (Phi) is 4.50. The highest BCUT2D eigenvalue weighted by atomic mass is 79.9. The molecule has 0 atom stereocenters. The van der Waals surface area contributed by atoms with Crippen molar-refractivity contribution in [2.45, 2.75) is 0 Å². The largest absolute Gasteiger partial charge is 0.121 e. The molecule has 0 aliphatic rings. The van der Waals surface area contributed by atoms with Gasteiger partial charge in [0.1, 0.15) is 0 Å². The van der Waals surface area contributed by atoms with Crippen LogP contribution >= 0.6 is 39.1 Å². The number of allylic oxidation sites excluding steroid dienone is 1. The molecule has 0 aromatic rings. The molecule has 0 saturated heterocycles. The highest BCUT2D eigenvalue weighted by Gasteiger charge is 1.80. The van der Waals surface area contributed by atoms with Gasteiger partial charge in [-0.3, -0.25) is 0 Å². The van der Waals surface area contributed by atoms with Crippen LogP contribution in [0.25, 0.3) is 0 Å². The van der Waals surface area contributed by atoms with Gasteiger partial charge in [-0.15, -0.1) is 11.6 Å². The average Bonchev–Trinajstić information content (AvgIpc) is 1.65. The third kappa shape index (κ3) is 3.01. The molecule has 0 N–H and O–H groups in total. The fourth-order valence-electron chi connectivity index (χ4n) is 0.0292. The zero-order chi connectivity index (χ0) is 4.99. The molecule has 6 heavy (non-hydrogen) atoms. The summed E-state index contributed by atoms with van der Waals surface area (Å²) in [4.78, 5) is 1.58. The van der Waals surface area contributed by atoms with E-state index in [-0.39, 0.29) is 0 Å². The van der Waals surface area contributed by atoms with Crippen LogP contribution in [-0.2, 0) is 0 Å². The van der Waals surface area contributed by atoms with E-state index in [0.717, 1.165) is 0 Å². The normalized spacial score (nSPS) is 12.2. The highest BCUT2D eigenvalue weighted by Crippen LogP contribution is 2.04. The third-order valence-electron chi connectivity index (χ3n) is 0.246. The Morgan fingerprint density at radius 3 is 2.33 bits per heavy atom. The first-order chi connectivity index (χ1) is 2.81. The van der Waals surface area contributed by atoms with Gasteiger partial charge in [0.25, 0.3) is 0 Å². The lowest BCUT2D eigenvalue weighted by Gasteiger charge is -1.78. The van der Waals surface area contributed by atoms with E-state index in [0.29, 0.717) is 10.9 Å². The summed E-state index contributed by atoms with van der Waals surface area (Å²) in [6.07, 6.45) is 0. The molecular weight excluding hydrogens is 187 g/mol. The van der Waals surface area contributed by atoms with Crippen LogP contribution < -0.4 is 0 Å². The summed E-state index contributed by atoms with van der Waals surface area (Å²) in [6.45, 7) is 0. The summed E-state index contributed by atoms with van der Waals surface area (Å²) in [6, 6.07) is 0. The molecule has 0 aromatic heterocycles. The van der Waals surface area contributed by atoms with E-state index in [4.69, 9.17) is 23.2 Å². The monoisotopic (exact) mass is 188 g/mol. The SMILES string of the molecule is ClCC(Cl)=CBr. The standard InChI is InChI=1S/C3H3BrCl2/c4-1-3(6)2-5/h1H,2H2. The van der Waals surface area contributed by atoms with Crippen molar-refractivity contribution in [3.8, 4) is 0 Å². The van der Waals surface area contributed by atoms with Crippen LogP contribution in [0, 0.1) is 0 Å². The minimum Gasteiger partial charge on any atom is -0.121 e. The molecule has 0 rings (SSSR count). The van der Waals surface area contributed by atoms with Gasteiger partial charge in [0.2, 0.25) is 0 Å². The van der Waals surface area contributed by atoms with Crippen LogP contribution in [0.1, 0.15) is 0 Å². The lowest BCUT2D eigenvalue weighted by atomic mass is 10.8. The van der Waals surface area contributed by atoms with Crippen molar-refractivity contribution in [1.29, 1.82) is 0 Å². The van der Waals surface area contributed by atoms with Crippen LogP contribution in [0.5, 0.6) is 0 Å². The molecule has 0 unspecified atom stereocenters. The molecule has 0 aliphatic carbocycles. The number of hydrogen-bond donors (Lipinski definition) is 0. The first-order valence-electron chi connectivity index (χ1n) is 1.32. The van der Waals surface area contributed by atoms with Crippen LogP contribution in [0.15, 0.2) is 10.0 Å².